The lowest BCUT2D eigenvalue weighted by Crippen LogP contribution is -2.42. The van der Waals surface area contributed by atoms with Crippen LogP contribution in [0.4, 0.5) is 5.69 Å². The Labute approximate surface area is 155 Å². The monoisotopic (exact) mass is 392 g/mol. The van der Waals surface area contributed by atoms with Crippen molar-refractivity contribution in [3.63, 3.8) is 0 Å². The van der Waals surface area contributed by atoms with E-state index in [0.717, 1.165) is 21.3 Å². The lowest BCUT2D eigenvalue weighted by molar-refractivity contribution is 0.0666. The minimum atomic E-state index is -0.198. The number of nitrogens with zero attached hydrogens (tertiary/aromatic N) is 1. The van der Waals surface area contributed by atoms with E-state index in [1.54, 1.807) is 0 Å². The maximum Gasteiger partial charge on any atom is 0.258 e. The number of para-hydroxylation sites is 1. The van der Waals surface area contributed by atoms with Crippen LogP contribution in [0.15, 0.2) is 83.3 Å². The van der Waals surface area contributed by atoms with Crippen LogP contribution in [-0.2, 0) is 6.54 Å². The first-order valence-electron chi connectivity index (χ1n) is 8.18. The fourth-order valence-electron chi connectivity index (χ4n) is 3.14. The number of anilines is 1. The molecule has 1 atom stereocenters. The quantitative estimate of drug-likeness (QED) is 0.662. The summed E-state index contributed by atoms with van der Waals surface area (Å²) in [4.78, 5) is 15.0. The highest BCUT2D eigenvalue weighted by Gasteiger charge is 2.32. The lowest BCUT2D eigenvalue weighted by atomic mass is 10.0. The fraction of sp³-hybridized carbons (Fsp3) is 0.0952. The molecule has 1 aliphatic heterocycles. The highest BCUT2D eigenvalue weighted by molar-refractivity contribution is 9.10. The number of carbonyl (C=O) groups is 1. The standard InChI is InChI=1S/C21H17BrN2O/c22-17-12-10-16(11-13-17)20-23-19-9-5-4-8-18(19)21(25)24(20)14-15-6-2-1-3-7-15/h1-13,20,23H,14H2/t20-/m1/s1. The van der Waals surface area contributed by atoms with E-state index in [1.165, 1.54) is 0 Å². The van der Waals surface area contributed by atoms with Crippen LogP contribution < -0.4 is 5.32 Å². The molecule has 1 N–H and O–H groups in total. The second kappa shape index (κ2) is 6.73. The molecule has 124 valence electrons. The van der Waals surface area contributed by atoms with E-state index in [2.05, 4.69) is 21.2 Å². The van der Waals surface area contributed by atoms with Crippen LogP contribution in [0.5, 0.6) is 0 Å². The van der Waals surface area contributed by atoms with Gasteiger partial charge in [-0.2, -0.15) is 0 Å². The summed E-state index contributed by atoms with van der Waals surface area (Å²) in [6.07, 6.45) is -0.198. The van der Waals surface area contributed by atoms with Gasteiger partial charge in [-0.1, -0.05) is 70.5 Å². The molecular formula is C21H17BrN2O. The maximum atomic E-state index is 13.1. The van der Waals surface area contributed by atoms with Gasteiger partial charge >= 0.3 is 0 Å². The molecule has 0 saturated carbocycles. The molecule has 1 amide bonds. The Bertz CT molecular complexity index is 893. The van der Waals surface area contributed by atoms with E-state index >= 15 is 0 Å². The van der Waals surface area contributed by atoms with Crippen LogP contribution in [0, 0.1) is 0 Å². The Balaban J connectivity index is 1.75. The van der Waals surface area contributed by atoms with Gasteiger partial charge in [-0.15, -0.1) is 0 Å². The molecular weight excluding hydrogens is 376 g/mol. The summed E-state index contributed by atoms with van der Waals surface area (Å²) in [5, 5.41) is 3.52. The van der Waals surface area contributed by atoms with Crippen LogP contribution in [-0.4, -0.2) is 10.8 Å². The predicted octanol–water partition coefficient (Wildman–Crippen LogP) is 5.22. The van der Waals surface area contributed by atoms with Gasteiger partial charge in [0.25, 0.3) is 5.91 Å². The number of hydrogen-bond donors (Lipinski definition) is 1. The maximum absolute atomic E-state index is 13.1. The predicted molar refractivity (Wildman–Crippen MR) is 103 cm³/mol. The first-order chi connectivity index (χ1) is 12.2. The van der Waals surface area contributed by atoms with Crippen molar-refractivity contribution in [2.24, 2.45) is 0 Å². The van der Waals surface area contributed by atoms with E-state index in [4.69, 9.17) is 0 Å². The van der Waals surface area contributed by atoms with Gasteiger partial charge in [-0.05, 0) is 35.4 Å². The first-order valence-corrected chi connectivity index (χ1v) is 8.97. The zero-order chi connectivity index (χ0) is 17.2. The van der Waals surface area contributed by atoms with E-state index in [1.807, 2.05) is 83.8 Å². The highest BCUT2D eigenvalue weighted by atomic mass is 79.9. The van der Waals surface area contributed by atoms with Crippen LogP contribution in [0.2, 0.25) is 0 Å². The second-order valence-electron chi connectivity index (χ2n) is 6.06. The summed E-state index contributed by atoms with van der Waals surface area (Å²) in [6, 6.07) is 25.9. The van der Waals surface area contributed by atoms with E-state index in [9.17, 15) is 4.79 Å². The van der Waals surface area contributed by atoms with Crippen molar-refractivity contribution < 1.29 is 4.79 Å². The molecule has 0 unspecified atom stereocenters. The normalized spacial score (nSPS) is 16.3. The molecule has 1 aliphatic rings. The topological polar surface area (TPSA) is 32.3 Å². The molecule has 3 aromatic carbocycles. The SMILES string of the molecule is O=C1c2ccccc2N[C@@H](c2ccc(Br)cc2)N1Cc1ccccc1. The molecule has 0 radical (unpaired) electrons. The van der Waals surface area contributed by atoms with E-state index in [0.29, 0.717) is 12.1 Å². The Morgan fingerprint density at radius 3 is 2.32 bits per heavy atom. The van der Waals surface area contributed by atoms with Crippen molar-refractivity contribution >= 4 is 27.5 Å². The number of halogens is 1. The molecule has 4 rings (SSSR count). The molecule has 25 heavy (non-hydrogen) atoms. The summed E-state index contributed by atoms with van der Waals surface area (Å²) in [6.45, 7) is 0.557. The molecule has 3 nitrogen and oxygen atoms in total. The summed E-state index contributed by atoms with van der Waals surface area (Å²) < 4.78 is 1.02. The molecule has 0 aliphatic carbocycles. The van der Waals surface area contributed by atoms with Gasteiger partial charge in [0, 0.05) is 16.7 Å². The minimum absolute atomic E-state index is 0.0473. The number of fused-ring (bicyclic) bond motifs is 1. The Kier molecular flexibility index (Phi) is 4.28. The van der Waals surface area contributed by atoms with Gasteiger partial charge in [0.15, 0.2) is 0 Å². The Morgan fingerprint density at radius 2 is 1.56 bits per heavy atom. The van der Waals surface area contributed by atoms with Crippen LogP contribution in [0.3, 0.4) is 0 Å². The Hall–Kier alpha value is -2.59. The number of carbonyl (C=O) groups excluding carboxylic acids is 1. The molecule has 0 bridgehead atoms. The van der Waals surface area contributed by atoms with Gasteiger partial charge in [-0.25, -0.2) is 0 Å². The summed E-state index contributed by atoms with van der Waals surface area (Å²) in [7, 11) is 0. The summed E-state index contributed by atoms with van der Waals surface area (Å²) in [5.74, 6) is 0.0473. The molecule has 0 saturated heterocycles. The van der Waals surface area contributed by atoms with Crippen molar-refractivity contribution in [1.82, 2.24) is 4.90 Å². The average molecular weight is 393 g/mol. The van der Waals surface area contributed by atoms with Crippen LogP contribution in [0.25, 0.3) is 0 Å². The van der Waals surface area contributed by atoms with Gasteiger partial charge in [0.2, 0.25) is 0 Å². The van der Waals surface area contributed by atoms with Gasteiger partial charge < -0.3 is 10.2 Å². The zero-order valence-corrected chi connectivity index (χ0v) is 15.1. The third kappa shape index (κ3) is 3.17. The number of nitrogens with one attached hydrogen (secondary N) is 1. The third-order valence-electron chi connectivity index (χ3n) is 4.40. The summed E-state index contributed by atoms with van der Waals surface area (Å²) >= 11 is 3.48. The minimum Gasteiger partial charge on any atom is -0.361 e. The Morgan fingerprint density at radius 1 is 0.880 bits per heavy atom. The molecule has 0 aromatic heterocycles. The van der Waals surface area contributed by atoms with Crippen molar-refractivity contribution in [3.05, 3.63) is 100 Å². The van der Waals surface area contributed by atoms with Crippen molar-refractivity contribution in [2.75, 3.05) is 5.32 Å². The van der Waals surface area contributed by atoms with Crippen molar-refractivity contribution in [1.29, 1.82) is 0 Å². The van der Waals surface area contributed by atoms with Gasteiger partial charge in [-0.3, -0.25) is 4.79 Å². The molecule has 0 fully saturated rings. The number of rotatable bonds is 3. The van der Waals surface area contributed by atoms with Crippen molar-refractivity contribution in [3.8, 4) is 0 Å². The van der Waals surface area contributed by atoms with E-state index in [-0.39, 0.29) is 12.1 Å². The van der Waals surface area contributed by atoms with Crippen LogP contribution >= 0.6 is 15.9 Å². The fourth-order valence-corrected chi connectivity index (χ4v) is 3.41. The molecule has 3 aromatic rings. The van der Waals surface area contributed by atoms with Crippen molar-refractivity contribution in [2.45, 2.75) is 12.7 Å². The average Bonchev–Trinajstić information content (AvgIpc) is 2.65. The van der Waals surface area contributed by atoms with E-state index < -0.39 is 0 Å². The van der Waals surface area contributed by atoms with Gasteiger partial charge in [0.1, 0.15) is 6.17 Å². The second-order valence-corrected chi connectivity index (χ2v) is 6.98. The lowest BCUT2D eigenvalue weighted by Gasteiger charge is -2.38. The number of amides is 1. The van der Waals surface area contributed by atoms with Gasteiger partial charge in [0.05, 0.1) is 5.56 Å². The third-order valence-corrected chi connectivity index (χ3v) is 4.93. The molecule has 1 heterocycles. The van der Waals surface area contributed by atoms with Crippen LogP contribution in [0.1, 0.15) is 27.7 Å². The zero-order valence-electron chi connectivity index (χ0n) is 13.5. The first kappa shape index (κ1) is 15.9. The molecule has 4 heteroatoms. The number of hydrogen-bond acceptors (Lipinski definition) is 2. The number of benzene rings is 3. The molecule has 0 spiro atoms. The largest absolute Gasteiger partial charge is 0.361 e. The highest BCUT2D eigenvalue weighted by Crippen LogP contribution is 2.34. The smallest absolute Gasteiger partial charge is 0.258 e. The summed E-state index contributed by atoms with van der Waals surface area (Å²) in [5.41, 5.74) is 3.76.